The molecule has 7 nitrogen and oxygen atoms in total. The summed E-state index contributed by atoms with van der Waals surface area (Å²) in [6, 6.07) is 38.0. The number of nitrogens with one attached hydrogen (secondary N) is 2. The highest BCUT2D eigenvalue weighted by Gasteiger charge is 2.23. The zero-order chi connectivity index (χ0) is 37.8. The van der Waals surface area contributed by atoms with E-state index in [0.29, 0.717) is 0 Å². The highest BCUT2D eigenvalue weighted by Crippen LogP contribution is 2.42. The minimum absolute atomic E-state index is 0.0336. The first-order chi connectivity index (χ1) is 26.8. The highest BCUT2D eigenvalue weighted by molar-refractivity contribution is 6.02. The van der Waals surface area contributed by atoms with Gasteiger partial charge in [-0.25, -0.2) is 9.97 Å². The number of non-ortho nitro benzene ring substituents is 1. The minimum Gasteiger partial charge on any atom is -0.354 e. The summed E-state index contributed by atoms with van der Waals surface area (Å²) in [5, 5.41) is 11.7. The minimum atomic E-state index is -0.368. The predicted molar refractivity (Wildman–Crippen MR) is 226 cm³/mol. The molecule has 0 saturated carbocycles. The largest absolute Gasteiger partial charge is 0.354 e. The Labute approximate surface area is 318 Å². The van der Waals surface area contributed by atoms with Crippen molar-refractivity contribution in [3.63, 3.8) is 0 Å². The van der Waals surface area contributed by atoms with Crippen LogP contribution in [0.15, 0.2) is 115 Å². The van der Waals surface area contributed by atoms with Crippen LogP contribution < -0.4 is 0 Å². The summed E-state index contributed by atoms with van der Waals surface area (Å²) in [7, 11) is 0. The average molecular weight is 716 g/mol. The number of rotatable bonds is 5. The van der Waals surface area contributed by atoms with E-state index in [-0.39, 0.29) is 10.6 Å². The van der Waals surface area contributed by atoms with Crippen molar-refractivity contribution in [2.24, 2.45) is 0 Å². The molecule has 3 aromatic heterocycles. The first kappa shape index (κ1) is 33.7. The lowest BCUT2D eigenvalue weighted by molar-refractivity contribution is -0.384. The molecule has 55 heavy (non-hydrogen) atoms. The topological polar surface area (TPSA) is 100 Å². The standard InChI is InChI=1S/C48H37N5O2/c1-28-29(2)46-43(34-18-12-7-13-19-34)39-26-27-40(50-39)44(35-20-22-36(23-21-35)53(54)55)48-31(4)30(3)47(52-48)42(33-16-10-6-11-17-33)38-25-24-37(49-38)41(45(28)51-46)32-14-8-5-9-15-32/h5-27,51-52H,1-4H3. The van der Waals surface area contributed by atoms with E-state index in [4.69, 9.17) is 9.97 Å². The number of nitrogens with zero attached hydrogens (tertiary/aromatic N) is 3. The van der Waals surface area contributed by atoms with Crippen molar-refractivity contribution < 1.29 is 4.92 Å². The molecule has 0 saturated heterocycles. The molecule has 2 aliphatic rings. The molecule has 0 fully saturated rings. The second-order valence-corrected chi connectivity index (χ2v) is 14.1. The van der Waals surface area contributed by atoms with Crippen LogP contribution in [0.1, 0.15) is 45.0 Å². The molecule has 0 radical (unpaired) electrons. The molecule has 5 heterocycles. The Balaban J connectivity index is 1.54. The maximum absolute atomic E-state index is 11.7. The van der Waals surface area contributed by atoms with Crippen molar-refractivity contribution >= 4 is 52.1 Å². The number of H-pyrrole nitrogens is 2. The van der Waals surface area contributed by atoms with E-state index < -0.39 is 0 Å². The summed E-state index contributed by atoms with van der Waals surface area (Å²) < 4.78 is 0. The van der Waals surface area contributed by atoms with Gasteiger partial charge in [0.1, 0.15) is 0 Å². The Morgan fingerprint density at radius 1 is 0.418 bits per heavy atom. The molecule has 7 heteroatoms. The molecule has 0 unspecified atom stereocenters. The van der Waals surface area contributed by atoms with Gasteiger partial charge in [-0.1, -0.05) is 91.0 Å². The number of aryl methyl sites for hydroxylation is 4. The van der Waals surface area contributed by atoms with Crippen LogP contribution in [0.5, 0.6) is 0 Å². The Bertz CT molecular complexity index is 2860. The summed E-state index contributed by atoms with van der Waals surface area (Å²) in [5.74, 6) is 0. The molecule has 2 aliphatic heterocycles. The van der Waals surface area contributed by atoms with E-state index in [2.05, 4.69) is 135 Å². The molecule has 9 rings (SSSR count). The summed E-state index contributed by atoms with van der Waals surface area (Å²) in [6.45, 7) is 8.60. The Morgan fingerprint density at radius 2 is 0.691 bits per heavy atom. The molecule has 0 spiro atoms. The molecule has 0 aliphatic carbocycles. The Hall–Kier alpha value is -7.12. The third kappa shape index (κ3) is 5.68. The average Bonchev–Trinajstić information content (AvgIpc) is 4.01. The number of hydrogen-bond donors (Lipinski definition) is 2. The third-order valence-electron chi connectivity index (χ3n) is 11.0. The van der Waals surface area contributed by atoms with Gasteiger partial charge in [-0.2, -0.15) is 0 Å². The lowest BCUT2D eigenvalue weighted by Gasteiger charge is -2.07. The molecule has 2 N–H and O–H groups in total. The van der Waals surface area contributed by atoms with Crippen LogP contribution in [0.25, 0.3) is 90.9 Å². The van der Waals surface area contributed by atoms with Crippen LogP contribution >= 0.6 is 0 Å². The fourth-order valence-corrected chi connectivity index (χ4v) is 7.90. The quantitative estimate of drug-likeness (QED) is 0.137. The lowest BCUT2D eigenvalue weighted by atomic mass is 9.99. The van der Waals surface area contributed by atoms with Crippen molar-refractivity contribution in [2.75, 3.05) is 0 Å². The zero-order valence-corrected chi connectivity index (χ0v) is 30.9. The number of benzene rings is 4. The summed E-state index contributed by atoms with van der Waals surface area (Å²) in [4.78, 5) is 30.0. The smallest absolute Gasteiger partial charge is 0.269 e. The van der Waals surface area contributed by atoms with Gasteiger partial charge >= 0.3 is 0 Å². The van der Waals surface area contributed by atoms with Gasteiger partial charge in [-0.3, -0.25) is 10.1 Å². The number of aromatic nitrogens is 4. The van der Waals surface area contributed by atoms with E-state index in [1.807, 2.05) is 30.3 Å². The van der Waals surface area contributed by atoms with Gasteiger partial charge in [0.15, 0.2) is 0 Å². The molecule has 8 bridgehead atoms. The third-order valence-corrected chi connectivity index (χ3v) is 11.0. The van der Waals surface area contributed by atoms with Crippen molar-refractivity contribution in [1.82, 2.24) is 19.9 Å². The molecule has 266 valence electrons. The van der Waals surface area contributed by atoms with Crippen molar-refractivity contribution in [1.29, 1.82) is 0 Å². The van der Waals surface area contributed by atoms with Crippen LogP contribution in [-0.2, 0) is 0 Å². The maximum Gasteiger partial charge on any atom is 0.269 e. The second-order valence-electron chi connectivity index (χ2n) is 14.1. The van der Waals surface area contributed by atoms with Gasteiger partial charge in [-0.15, -0.1) is 0 Å². The van der Waals surface area contributed by atoms with E-state index in [9.17, 15) is 10.1 Å². The Kier molecular flexibility index (Phi) is 8.20. The van der Waals surface area contributed by atoms with Crippen molar-refractivity contribution in [3.05, 3.63) is 170 Å². The van der Waals surface area contributed by atoms with Gasteiger partial charge in [0.05, 0.1) is 49.8 Å². The van der Waals surface area contributed by atoms with E-state index in [1.165, 1.54) is 0 Å². The molecule has 4 aromatic carbocycles. The first-order valence-corrected chi connectivity index (χ1v) is 18.4. The summed E-state index contributed by atoms with van der Waals surface area (Å²) in [5.41, 5.74) is 19.4. The molecule has 0 amide bonds. The number of aromatic amines is 2. The normalized spacial score (nSPS) is 12.0. The van der Waals surface area contributed by atoms with Crippen LogP contribution in [0.4, 0.5) is 5.69 Å². The van der Waals surface area contributed by atoms with Crippen LogP contribution in [0.3, 0.4) is 0 Å². The fraction of sp³-hybridized carbons (Fsp3) is 0.0833. The molecule has 0 atom stereocenters. The number of nitro benzene ring substituents is 1. The molecular weight excluding hydrogens is 679 g/mol. The zero-order valence-electron chi connectivity index (χ0n) is 30.9. The van der Waals surface area contributed by atoms with Gasteiger partial charge in [-0.05, 0) is 109 Å². The van der Waals surface area contributed by atoms with Gasteiger partial charge in [0.25, 0.3) is 5.69 Å². The highest BCUT2D eigenvalue weighted by atomic mass is 16.6. The van der Waals surface area contributed by atoms with Crippen LogP contribution in [-0.4, -0.2) is 24.9 Å². The monoisotopic (exact) mass is 715 g/mol. The van der Waals surface area contributed by atoms with Crippen molar-refractivity contribution in [2.45, 2.75) is 27.7 Å². The van der Waals surface area contributed by atoms with Gasteiger partial charge in [0.2, 0.25) is 0 Å². The first-order valence-electron chi connectivity index (χ1n) is 18.4. The number of hydrogen-bond acceptors (Lipinski definition) is 4. The van der Waals surface area contributed by atoms with E-state index in [1.54, 1.807) is 12.1 Å². The number of fused-ring (bicyclic) bond motifs is 8. The van der Waals surface area contributed by atoms with E-state index >= 15 is 0 Å². The molecule has 7 aromatic rings. The molecular formula is C48H37N5O2. The maximum atomic E-state index is 11.7. The SMILES string of the molecule is Cc1c(C)c2[nH]c1c(-c1ccccc1)c1nc(c(-c3ccccc3)c3[nH]c(c(C)c3C)c(-c3ccc([N+](=O)[O-])cc3)c3nc(c2-c2ccccc2)C=C3)C=C1. The van der Waals surface area contributed by atoms with Gasteiger partial charge < -0.3 is 9.97 Å². The predicted octanol–water partition coefficient (Wildman–Crippen LogP) is 12.5. The summed E-state index contributed by atoms with van der Waals surface area (Å²) >= 11 is 0. The van der Waals surface area contributed by atoms with E-state index in [0.717, 1.165) is 112 Å². The summed E-state index contributed by atoms with van der Waals surface area (Å²) in [6.07, 6.45) is 8.38. The number of nitro groups is 1. The van der Waals surface area contributed by atoms with Crippen molar-refractivity contribution in [3.8, 4) is 44.5 Å². The second kappa shape index (κ2) is 13.4. The van der Waals surface area contributed by atoms with Crippen LogP contribution in [0, 0.1) is 37.8 Å². The van der Waals surface area contributed by atoms with Crippen LogP contribution in [0.2, 0.25) is 0 Å². The fourth-order valence-electron chi connectivity index (χ4n) is 7.90. The lowest BCUT2D eigenvalue weighted by Crippen LogP contribution is -1.91. The Morgan fingerprint density at radius 3 is 0.964 bits per heavy atom. The van der Waals surface area contributed by atoms with Gasteiger partial charge in [0, 0.05) is 34.4 Å².